The molecule has 5 aromatic rings. The number of amides is 6. The van der Waals surface area contributed by atoms with E-state index in [1.165, 1.54) is 84.8 Å². The molecule has 5 aromatic carbocycles. The lowest BCUT2D eigenvalue weighted by atomic mass is 10.0. The summed E-state index contributed by atoms with van der Waals surface area (Å²) < 4.78 is 80.6. The Balaban J connectivity index is 1.84. The molecule has 30 heteroatoms. The molecule has 0 saturated carbocycles. The van der Waals surface area contributed by atoms with Gasteiger partial charge >= 0.3 is 23.9 Å². The molecular weight excluding hydrogens is 1380 g/mol. The van der Waals surface area contributed by atoms with Gasteiger partial charge in [-0.15, -0.1) is 0 Å². The topological polar surface area (TPSA) is 372 Å². The monoisotopic (exact) mass is 1480 g/mol. The molecule has 30 nitrogen and oxygen atoms in total. The Hall–Kier alpha value is -11.2. The van der Waals surface area contributed by atoms with Gasteiger partial charge in [-0.3, -0.25) is 28.8 Å². The van der Waals surface area contributed by atoms with E-state index < -0.39 is 82.5 Å². The first-order valence-electron chi connectivity index (χ1n) is 34.2. The second kappa shape index (κ2) is 39.6. The van der Waals surface area contributed by atoms with Crippen molar-refractivity contribution in [2.75, 3.05) is 118 Å². The normalized spacial score (nSPS) is 11.6. The Labute approximate surface area is 617 Å². The Morgan fingerprint density at radius 2 is 0.481 bits per heavy atom. The van der Waals surface area contributed by atoms with E-state index in [1.807, 2.05) is 83.1 Å². The molecule has 0 radical (unpaired) electrons. The van der Waals surface area contributed by atoms with Crippen LogP contribution in [0.2, 0.25) is 0 Å². The summed E-state index contributed by atoms with van der Waals surface area (Å²) >= 11 is 0. The van der Waals surface area contributed by atoms with E-state index in [1.54, 1.807) is 0 Å². The first kappa shape index (κ1) is 85.4. The zero-order valence-corrected chi connectivity index (χ0v) is 64.3. The SMILES string of the molecule is COC(=O)c1cc(C(=O)Nc2cc(NC(=O)c3cc(C(=O)Nc4cc(NC(=O)c5cc(C(=O)OC)c(OCC(C)C)cc5OCC(C)C)c(OC)c(C(=O)N[C@@H](C)C(=O)OC)c4OC)c(OCC(C)C)cc3OCC(C)C)c(OC)c(C(=O)N[C@@H](C)C(=O)OC)c2OC)c(OCC(C)C)cc1OCC(C)C. The van der Waals surface area contributed by atoms with Crippen LogP contribution < -0.4 is 79.3 Å². The van der Waals surface area contributed by atoms with Gasteiger partial charge in [0.2, 0.25) is 0 Å². The van der Waals surface area contributed by atoms with Crippen molar-refractivity contribution >= 4 is 82.1 Å². The van der Waals surface area contributed by atoms with Gasteiger partial charge in [0.15, 0.2) is 23.0 Å². The molecule has 5 rings (SSSR count). The number of benzene rings is 5. The molecule has 6 amide bonds. The summed E-state index contributed by atoms with van der Waals surface area (Å²) in [5, 5.41) is 16.1. The number of nitrogens with one attached hydrogen (secondary N) is 6. The summed E-state index contributed by atoms with van der Waals surface area (Å²) in [6.07, 6.45) is 0. The smallest absolute Gasteiger partial charge is 0.341 e. The molecule has 0 heterocycles. The van der Waals surface area contributed by atoms with Crippen molar-refractivity contribution in [3.8, 4) is 57.5 Å². The summed E-state index contributed by atoms with van der Waals surface area (Å²) in [6.45, 7) is 25.7. The highest BCUT2D eigenvalue weighted by Gasteiger charge is 2.35. The van der Waals surface area contributed by atoms with Crippen LogP contribution in [0, 0.1) is 35.5 Å². The molecule has 106 heavy (non-hydrogen) atoms. The predicted molar refractivity (Wildman–Crippen MR) is 393 cm³/mol. The van der Waals surface area contributed by atoms with E-state index in [2.05, 4.69) is 31.9 Å². The lowest BCUT2D eigenvalue weighted by Gasteiger charge is -2.23. The average molecular weight is 1480 g/mol. The van der Waals surface area contributed by atoms with E-state index >= 15 is 19.2 Å². The molecule has 578 valence electrons. The van der Waals surface area contributed by atoms with Crippen LogP contribution in [0.1, 0.15) is 180 Å². The van der Waals surface area contributed by atoms with Gasteiger partial charge in [-0.05, 0) is 79.7 Å². The van der Waals surface area contributed by atoms with Crippen LogP contribution in [0.5, 0.6) is 57.5 Å². The molecule has 0 unspecified atom stereocenters. The third-order valence-electron chi connectivity index (χ3n) is 15.0. The summed E-state index contributed by atoms with van der Waals surface area (Å²) in [4.78, 5) is 143. The van der Waals surface area contributed by atoms with Crippen molar-refractivity contribution in [3.63, 3.8) is 0 Å². The van der Waals surface area contributed by atoms with E-state index in [-0.39, 0.29) is 189 Å². The van der Waals surface area contributed by atoms with Gasteiger partial charge in [0.25, 0.3) is 35.4 Å². The molecular formula is C76H100N6O24. The quantitative estimate of drug-likeness (QED) is 0.0158. The third kappa shape index (κ3) is 22.4. The van der Waals surface area contributed by atoms with Crippen LogP contribution in [0.25, 0.3) is 0 Å². The highest BCUT2D eigenvalue weighted by Crippen LogP contribution is 2.46. The number of rotatable bonds is 38. The maximum absolute atomic E-state index is 15.6. The van der Waals surface area contributed by atoms with Crippen LogP contribution in [0.15, 0.2) is 48.5 Å². The molecule has 0 bridgehead atoms. The van der Waals surface area contributed by atoms with Crippen LogP contribution in [-0.2, 0) is 28.5 Å². The number of anilines is 4. The molecule has 0 aliphatic heterocycles. The molecule has 0 spiro atoms. The van der Waals surface area contributed by atoms with Gasteiger partial charge < -0.3 is 98.2 Å². The van der Waals surface area contributed by atoms with E-state index in [0.29, 0.717) is 0 Å². The fraction of sp³-hybridized carbons (Fsp3) is 0.474. The van der Waals surface area contributed by atoms with Crippen LogP contribution in [0.3, 0.4) is 0 Å². The highest BCUT2D eigenvalue weighted by molar-refractivity contribution is 6.17. The maximum Gasteiger partial charge on any atom is 0.341 e. The van der Waals surface area contributed by atoms with Crippen LogP contribution >= 0.6 is 0 Å². The van der Waals surface area contributed by atoms with Gasteiger partial charge in [0.1, 0.15) is 68.8 Å². The van der Waals surface area contributed by atoms with E-state index in [4.69, 9.17) is 66.3 Å². The van der Waals surface area contributed by atoms with Crippen molar-refractivity contribution < 1.29 is 114 Å². The fourth-order valence-electron chi connectivity index (χ4n) is 9.88. The number of ether oxygens (including phenoxy) is 14. The first-order valence-corrected chi connectivity index (χ1v) is 34.2. The predicted octanol–water partition coefficient (Wildman–Crippen LogP) is 11.1. The van der Waals surface area contributed by atoms with Gasteiger partial charge in [0.05, 0.1) is 142 Å². The van der Waals surface area contributed by atoms with Crippen molar-refractivity contribution in [2.24, 2.45) is 35.5 Å². The lowest BCUT2D eigenvalue weighted by molar-refractivity contribution is -0.143. The molecule has 0 aromatic heterocycles. The molecule has 2 atom stereocenters. The molecule has 6 N–H and O–H groups in total. The van der Waals surface area contributed by atoms with Crippen molar-refractivity contribution in [3.05, 3.63) is 93.0 Å². The van der Waals surface area contributed by atoms with Crippen LogP contribution in [-0.4, -0.2) is 168 Å². The zero-order chi connectivity index (χ0) is 79.1. The minimum atomic E-state index is -1.30. The highest BCUT2D eigenvalue weighted by atomic mass is 16.5. The maximum atomic E-state index is 15.6. The zero-order valence-electron chi connectivity index (χ0n) is 64.3. The lowest BCUT2D eigenvalue weighted by Crippen LogP contribution is -2.39. The second-order valence-corrected chi connectivity index (χ2v) is 26.8. The average Bonchev–Trinajstić information content (AvgIpc) is 0.772. The van der Waals surface area contributed by atoms with Crippen molar-refractivity contribution in [2.45, 2.75) is 109 Å². The summed E-state index contributed by atoms with van der Waals surface area (Å²) in [5.74, 6) is -11.6. The minimum absolute atomic E-state index is 0.00600. The first-order chi connectivity index (χ1) is 50.1. The van der Waals surface area contributed by atoms with Gasteiger partial charge in [-0.2, -0.15) is 0 Å². The Morgan fingerprint density at radius 1 is 0.274 bits per heavy atom. The number of hydrogen-bond donors (Lipinski definition) is 6. The van der Waals surface area contributed by atoms with E-state index in [9.17, 15) is 28.8 Å². The summed E-state index contributed by atoms with van der Waals surface area (Å²) in [6, 6.07) is 7.46. The minimum Gasteiger partial charge on any atom is -0.494 e. The number of carbonyl (C=O) groups is 10. The number of methoxy groups -OCH3 is 8. The molecule has 0 fully saturated rings. The number of esters is 4. The van der Waals surface area contributed by atoms with Crippen molar-refractivity contribution in [1.29, 1.82) is 0 Å². The summed E-state index contributed by atoms with van der Waals surface area (Å²) in [5.41, 5.74) is -3.60. The van der Waals surface area contributed by atoms with E-state index in [0.717, 1.165) is 34.5 Å². The molecule has 0 aliphatic carbocycles. The summed E-state index contributed by atoms with van der Waals surface area (Å²) in [7, 11) is 9.22. The second-order valence-electron chi connectivity index (χ2n) is 26.8. The Morgan fingerprint density at radius 3 is 0.670 bits per heavy atom. The molecule has 0 saturated heterocycles. The van der Waals surface area contributed by atoms with Gasteiger partial charge in [-0.1, -0.05) is 83.1 Å². The molecule has 0 aliphatic rings. The standard InChI is InChI=1S/C76H100N6O24/c1-37(2)31-101-55-28-56(102-32-38(3)4)46(68(84)80-52-27-54(66(96-18)62(64(52)94-16)72(88)78-44(14)74(90)98-20)82-70(86)48-25-50(76(92)100-22)60(106-36-42(11)12)30-58(48)104-34-40(7)8)23-45(55)67(83)79-51-26-53(65(95-17)61(63(51)93-15)71(87)77-43(13)73(89)97-19)81-69(85)47-24-49(75(91)99-21)59(105-35-41(9)10)29-57(47)103-33-39(5)6/h23-30,37-44H,31-36H2,1-22H3,(H,77,87)(H,78,88)(H,79,83)(H,80,84)(H,81,85)(H,82,86)/t43-,44-/m0/s1. The fourth-order valence-corrected chi connectivity index (χ4v) is 9.88. The Bertz CT molecular complexity index is 3780. The van der Waals surface area contributed by atoms with Gasteiger partial charge in [-0.25, -0.2) is 19.2 Å². The van der Waals surface area contributed by atoms with Gasteiger partial charge in [0, 0.05) is 18.2 Å². The van der Waals surface area contributed by atoms with Crippen LogP contribution in [0.4, 0.5) is 22.7 Å². The number of carbonyl (C=O) groups excluding carboxylic acids is 10. The Kier molecular flexibility index (Phi) is 31.9. The number of hydrogen-bond acceptors (Lipinski definition) is 24. The van der Waals surface area contributed by atoms with Crippen molar-refractivity contribution in [1.82, 2.24) is 10.6 Å². The third-order valence-corrected chi connectivity index (χ3v) is 15.0. The largest absolute Gasteiger partial charge is 0.494 e.